The smallest absolute Gasteiger partial charge is 0.433 e. The number of ether oxygens (including phenoxy) is 1. The molecule has 0 bridgehead atoms. The third kappa shape index (κ3) is 4.50. The largest absolute Gasteiger partial charge is 0.494 e. The van der Waals surface area contributed by atoms with Crippen LogP contribution >= 0.6 is 0 Å². The van der Waals surface area contributed by atoms with Crippen LogP contribution < -0.4 is 10.1 Å². The van der Waals surface area contributed by atoms with Crippen molar-refractivity contribution in [1.29, 1.82) is 0 Å². The molecule has 1 aliphatic rings. The van der Waals surface area contributed by atoms with Crippen LogP contribution in [0.2, 0.25) is 0 Å². The molecular weight excluding hydrogens is 409 g/mol. The van der Waals surface area contributed by atoms with E-state index in [0.717, 1.165) is 54.8 Å². The van der Waals surface area contributed by atoms with Gasteiger partial charge < -0.3 is 10.1 Å². The summed E-state index contributed by atoms with van der Waals surface area (Å²) < 4.78 is 46.1. The number of carbonyl (C=O) groups excluding carboxylic acids is 1. The third-order valence-electron chi connectivity index (χ3n) is 5.76. The molecule has 6 nitrogen and oxygen atoms in total. The van der Waals surface area contributed by atoms with Crippen LogP contribution in [0.1, 0.15) is 54.7 Å². The van der Waals surface area contributed by atoms with Gasteiger partial charge in [-0.3, -0.25) is 14.5 Å². The van der Waals surface area contributed by atoms with E-state index in [1.165, 1.54) is 13.2 Å². The van der Waals surface area contributed by atoms with Gasteiger partial charge in [0.05, 0.1) is 24.4 Å². The Morgan fingerprint density at radius 2 is 1.94 bits per heavy atom. The normalized spacial score (nSPS) is 19.4. The average molecular weight is 432 g/mol. The number of alkyl halides is 3. The molecule has 1 aliphatic carbocycles. The van der Waals surface area contributed by atoms with E-state index >= 15 is 0 Å². The number of rotatable bonds is 4. The van der Waals surface area contributed by atoms with Crippen LogP contribution in [-0.2, 0) is 6.18 Å². The molecule has 0 aliphatic heterocycles. The maximum absolute atomic E-state index is 12.9. The van der Waals surface area contributed by atoms with Gasteiger partial charge in [0.25, 0.3) is 5.91 Å². The van der Waals surface area contributed by atoms with E-state index in [2.05, 4.69) is 22.3 Å². The summed E-state index contributed by atoms with van der Waals surface area (Å²) in [5.41, 5.74) is -0.166. The third-order valence-corrected chi connectivity index (χ3v) is 5.76. The minimum atomic E-state index is -4.63. The number of methoxy groups -OCH3 is 1. The molecule has 0 saturated heterocycles. The fraction of sp³-hybridized carbons (Fsp3) is 0.409. The number of anilines is 1. The number of hydrogen-bond donors (Lipinski definition) is 1. The van der Waals surface area contributed by atoms with Gasteiger partial charge in [-0.05, 0) is 49.8 Å². The molecule has 2 aromatic heterocycles. The number of pyridine rings is 1. The first-order chi connectivity index (χ1) is 14.7. The van der Waals surface area contributed by atoms with Crippen molar-refractivity contribution in [1.82, 2.24) is 14.8 Å². The lowest BCUT2D eigenvalue weighted by molar-refractivity contribution is -0.141. The standard InChI is InChI=1S/C22H23F3N4O2/c1-13-3-5-16(6-4-13)29-12-15-9-18(19(31-2)11-17(15)28-29)27-21(30)14-7-8-26-20(10-14)22(23,24)25/h7-13,16H,3-6H2,1-2H3,(H,27,30). The number of nitrogens with zero attached hydrogens (tertiary/aromatic N) is 3. The second kappa shape index (κ2) is 8.20. The molecule has 1 amide bonds. The van der Waals surface area contributed by atoms with Gasteiger partial charge in [-0.15, -0.1) is 0 Å². The minimum Gasteiger partial charge on any atom is -0.494 e. The number of halogens is 3. The molecule has 1 saturated carbocycles. The first kappa shape index (κ1) is 21.1. The highest BCUT2D eigenvalue weighted by Crippen LogP contribution is 2.35. The maximum atomic E-state index is 12.9. The molecular formula is C22H23F3N4O2. The fourth-order valence-corrected chi connectivity index (χ4v) is 3.95. The van der Waals surface area contributed by atoms with E-state index in [-0.39, 0.29) is 5.56 Å². The van der Waals surface area contributed by atoms with E-state index in [4.69, 9.17) is 4.74 Å². The van der Waals surface area contributed by atoms with Crippen molar-refractivity contribution in [2.24, 2.45) is 5.92 Å². The Morgan fingerprint density at radius 1 is 1.19 bits per heavy atom. The van der Waals surface area contributed by atoms with Gasteiger partial charge >= 0.3 is 6.18 Å². The van der Waals surface area contributed by atoms with Crippen LogP contribution in [0.5, 0.6) is 5.75 Å². The predicted octanol–water partition coefficient (Wildman–Crippen LogP) is 5.46. The second-order valence-electron chi connectivity index (χ2n) is 8.02. The number of benzene rings is 1. The molecule has 9 heteroatoms. The zero-order valence-electron chi connectivity index (χ0n) is 17.2. The van der Waals surface area contributed by atoms with Crippen molar-refractivity contribution in [3.63, 3.8) is 0 Å². The lowest BCUT2D eigenvalue weighted by Gasteiger charge is -2.26. The van der Waals surface area contributed by atoms with E-state index in [1.807, 2.05) is 10.9 Å². The minimum absolute atomic E-state index is 0.142. The molecule has 4 rings (SSSR count). The molecule has 3 aromatic rings. The summed E-state index contributed by atoms with van der Waals surface area (Å²) in [4.78, 5) is 15.9. The summed E-state index contributed by atoms with van der Waals surface area (Å²) >= 11 is 0. The van der Waals surface area contributed by atoms with Gasteiger partial charge in [-0.1, -0.05) is 6.92 Å². The average Bonchev–Trinajstić information content (AvgIpc) is 3.16. The molecule has 0 atom stereocenters. The van der Waals surface area contributed by atoms with Crippen molar-refractivity contribution >= 4 is 22.5 Å². The maximum Gasteiger partial charge on any atom is 0.433 e. The zero-order chi connectivity index (χ0) is 22.2. The van der Waals surface area contributed by atoms with Crippen molar-refractivity contribution in [2.75, 3.05) is 12.4 Å². The first-order valence-corrected chi connectivity index (χ1v) is 10.2. The molecule has 164 valence electrons. The lowest BCUT2D eigenvalue weighted by atomic mass is 9.87. The number of nitrogens with one attached hydrogen (secondary N) is 1. The molecule has 31 heavy (non-hydrogen) atoms. The van der Waals surface area contributed by atoms with Crippen LogP contribution in [0.25, 0.3) is 10.9 Å². The summed E-state index contributed by atoms with van der Waals surface area (Å²) in [6, 6.07) is 5.75. The topological polar surface area (TPSA) is 69.0 Å². The van der Waals surface area contributed by atoms with E-state index in [9.17, 15) is 18.0 Å². The molecule has 1 aromatic carbocycles. The summed E-state index contributed by atoms with van der Waals surface area (Å²) in [5.74, 6) is 0.432. The van der Waals surface area contributed by atoms with Crippen molar-refractivity contribution in [3.05, 3.63) is 47.9 Å². The number of fused-ring (bicyclic) bond motifs is 1. The van der Waals surface area contributed by atoms with Crippen LogP contribution in [0.4, 0.5) is 18.9 Å². The molecule has 0 spiro atoms. The second-order valence-corrected chi connectivity index (χ2v) is 8.02. The summed E-state index contributed by atoms with van der Waals surface area (Å²) in [6.07, 6.45) is 2.75. The Kier molecular flexibility index (Phi) is 5.60. The Labute approximate surface area is 177 Å². The number of amides is 1. The van der Waals surface area contributed by atoms with Crippen LogP contribution in [0.3, 0.4) is 0 Å². The molecule has 1 fully saturated rings. The number of hydrogen-bond acceptors (Lipinski definition) is 4. The molecule has 0 unspecified atom stereocenters. The van der Waals surface area contributed by atoms with Gasteiger partial charge in [0.1, 0.15) is 11.4 Å². The SMILES string of the molecule is COc1cc2nn(C3CCC(C)CC3)cc2cc1NC(=O)c1ccnc(C(F)(F)F)c1. The van der Waals surface area contributed by atoms with Crippen molar-refractivity contribution in [3.8, 4) is 5.75 Å². The van der Waals surface area contributed by atoms with Gasteiger partial charge in [0.2, 0.25) is 0 Å². The summed E-state index contributed by atoms with van der Waals surface area (Å²) in [6.45, 7) is 2.26. The van der Waals surface area contributed by atoms with Crippen molar-refractivity contribution < 1.29 is 22.7 Å². The molecule has 0 radical (unpaired) electrons. The predicted molar refractivity (Wildman–Crippen MR) is 110 cm³/mol. The Hall–Kier alpha value is -3.10. The van der Waals surface area contributed by atoms with Gasteiger partial charge in [-0.2, -0.15) is 18.3 Å². The number of aromatic nitrogens is 3. The fourth-order valence-electron chi connectivity index (χ4n) is 3.95. The summed E-state index contributed by atoms with van der Waals surface area (Å²) in [7, 11) is 1.46. The first-order valence-electron chi connectivity index (χ1n) is 10.2. The van der Waals surface area contributed by atoms with Crippen LogP contribution in [-0.4, -0.2) is 27.8 Å². The van der Waals surface area contributed by atoms with E-state index < -0.39 is 17.8 Å². The highest BCUT2D eigenvalue weighted by Gasteiger charge is 2.33. The van der Waals surface area contributed by atoms with Crippen molar-refractivity contribution in [2.45, 2.75) is 44.8 Å². The Bertz CT molecular complexity index is 1100. The van der Waals surface area contributed by atoms with E-state index in [0.29, 0.717) is 17.5 Å². The number of carbonyl (C=O) groups is 1. The van der Waals surface area contributed by atoms with Crippen LogP contribution in [0.15, 0.2) is 36.7 Å². The highest BCUT2D eigenvalue weighted by molar-refractivity contribution is 6.06. The zero-order valence-corrected chi connectivity index (χ0v) is 17.2. The van der Waals surface area contributed by atoms with E-state index in [1.54, 1.807) is 12.1 Å². The van der Waals surface area contributed by atoms with Gasteiger partial charge in [0.15, 0.2) is 0 Å². The highest BCUT2D eigenvalue weighted by atomic mass is 19.4. The molecule has 2 heterocycles. The monoisotopic (exact) mass is 432 g/mol. The van der Waals surface area contributed by atoms with Gasteiger partial charge in [0, 0.05) is 29.4 Å². The molecule has 1 N–H and O–H groups in total. The van der Waals surface area contributed by atoms with Crippen LogP contribution in [0, 0.1) is 5.92 Å². The van der Waals surface area contributed by atoms with Gasteiger partial charge in [-0.25, -0.2) is 0 Å². The quantitative estimate of drug-likeness (QED) is 0.594. The lowest BCUT2D eigenvalue weighted by Crippen LogP contribution is -2.16. The Balaban J connectivity index is 1.60. The summed E-state index contributed by atoms with van der Waals surface area (Å²) in [5, 5.41) is 8.14. The Morgan fingerprint density at radius 3 is 2.61 bits per heavy atom.